The SMILES string of the molecule is N=C/C(=C\N)c1ccc(NC2=NC(c3ccc4cc(/C(N)=C/N)[nH]c4c3)=NCC2)cc1. The Morgan fingerprint density at radius 3 is 2.58 bits per heavy atom. The van der Waals surface area contributed by atoms with E-state index < -0.39 is 0 Å². The van der Waals surface area contributed by atoms with Crippen molar-refractivity contribution in [3.05, 3.63) is 77.8 Å². The number of nitrogens with one attached hydrogen (secondary N) is 3. The lowest BCUT2D eigenvalue weighted by molar-refractivity contribution is 1.01. The topological polar surface area (TPSA) is 154 Å². The van der Waals surface area contributed by atoms with Crippen LogP contribution in [0.5, 0.6) is 0 Å². The summed E-state index contributed by atoms with van der Waals surface area (Å²) >= 11 is 0. The number of benzene rings is 2. The number of nitrogens with two attached hydrogens (primary N) is 3. The van der Waals surface area contributed by atoms with Crippen molar-refractivity contribution in [3.63, 3.8) is 0 Å². The normalized spacial score (nSPS) is 14.8. The number of rotatable bonds is 5. The predicted octanol–water partition coefficient (Wildman–Crippen LogP) is 2.99. The van der Waals surface area contributed by atoms with E-state index in [0.29, 0.717) is 23.7 Å². The molecule has 0 spiro atoms. The van der Waals surface area contributed by atoms with Crippen molar-refractivity contribution in [2.24, 2.45) is 27.2 Å². The molecular formula is C23H24N8. The molecule has 0 fully saturated rings. The summed E-state index contributed by atoms with van der Waals surface area (Å²) in [6.07, 6.45) is 4.77. The summed E-state index contributed by atoms with van der Waals surface area (Å²) in [5.41, 5.74) is 22.6. The fourth-order valence-electron chi connectivity index (χ4n) is 3.38. The van der Waals surface area contributed by atoms with Crippen LogP contribution in [0.3, 0.4) is 0 Å². The van der Waals surface area contributed by atoms with Crippen LogP contribution in [0.15, 0.2) is 70.9 Å². The number of hydrogen-bond donors (Lipinski definition) is 6. The lowest BCUT2D eigenvalue weighted by atomic mass is 10.1. The Labute approximate surface area is 179 Å². The summed E-state index contributed by atoms with van der Waals surface area (Å²) in [7, 11) is 0. The van der Waals surface area contributed by atoms with Crippen molar-refractivity contribution in [3.8, 4) is 0 Å². The number of allylic oxidation sites excluding steroid dienone is 1. The number of aliphatic imine (C=N–C) groups is 2. The van der Waals surface area contributed by atoms with Crippen molar-refractivity contribution in [1.82, 2.24) is 4.98 Å². The van der Waals surface area contributed by atoms with E-state index in [4.69, 9.17) is 27.6 Å². The first-order valence-electron chi connectivity index (χ1n) is 9.84. The second-order valence-corrected chi connectivity index (χ2v) is 7.09. The summed E-state index contributed by atoms with van der Waals surface area (Å²) in [4.78, 5) is 12.6. The zero-order chi connectivity index (χ0) is 21.8. The summed E-state index contributed by atoms with van der Waals surface area (Å²) in [6.45, 7) is 0.657. The Morgan fingerprint density at radius 2 is 1.87 bits per heavy atom. The maximum Gasteiger partial charge on any atom is 0.156 e. The van der Waals surface area contributed by atoms with Crippen LogP contribution in [-0.2, 0) is 0 Å². The van der Waals surface area contributed by atoms with Crippen LogP contribution in [0.4, 0.5) is 5.69 Å². The summed E-state index contributed by atoms with van der Waals surface area (Å²) in [5, 5.41) is 11.8. The summed E-state index contributed by atoms with van der Waals surface area (Å²) in [6, 6.07) is 15.7. The molecule has 8 heteroatoms. The van der Waals surface area contributed by atoms with Gasteiger partial charge in [-0.1, -0.05) is 24.3 Å². The minimum atomic E-state index is 0.498. The third-order valence-corrected chi connectivity index (χ3v) is 5.06. The number of aromatic nitrogens is 1. The number of fused-ring (bicyclic) bond motifs is 1. The number of nitrogens with zero attached hydrogens (tertiary/aromatic N) is 2. The maximum atomic E-state index is 7.40. The van der Waals surface area contributed by atoms with Gasteiger partial charge in [-0.05, 0) is 29.8 Å². The van der Waals surface area contributed by atoms with E-state index in [1.165, 1.54) is 18.6 Å². The standard InChI is InChI=1S/C23H24N8/c24-11-17(12-25)14-3-5-18(6-4-14)29-22-7-8-28-23(31-22)16-2-1-15-9-21(19(27)13-26)30-20(15)10-16/h1-6,9-13,24,30H,7-8,25-27H2,(H,28,29,31)/b17-12+,19-13-,24-11?. The Hall–Kier alpha value is -4.33. The van der Waals surface area contributed by atoms with E-state index in [-0.39, 0.29) is 0 Å². The molecular weight excluding hydrogens is 388 g/mol. The zero-order valence-electron chi connectivity index (χ0n) is 16.9. The van der Waals surface area contributed by atoms with Crippen LogP contribution in [0.25, 0.3) is 22.2 Å². The van der Waals surface area contributed by atoms with Gasteiger partial charge in [0.15, 0.2) is 5.84 Å². The lowest BCUT2D eigenvalue weighted by Gasteiger charge is -2.15. The quantitative estimate of drug-likeness (QED) is 0.356. The van der Waals surface area contributed by atoms with Crippen molar-refractivity contribution in [2.75, 3.05) is 11.9 Å². The van der Waals surface area contributed by atoms with E-state index in [9.17, 15) is 0 Å². The van der Waals surface area contributed by atoms with Gasteiger partial charge < -0.3 is 32.9 Å². The van der Waals surface area contributed by atoms with Crippen LogP contribution in [0.2, 0.25) is 0 Å². The average molecular weight is 413 g/mol. The minimum absolute atomic E-state index is 0.498. The van der Waals surface area contributed by atoms with Crippen molar-refractivity contribution in [2.45, 2.75) is 6.42 Å². The molecule has 0 atom stereocenters. The fourth-order valence-corrected chi connectivity index (χ4v) is 3.38. The first-order chi connectivity index (χ1) is 15.1. The molecule has 0 aliphatic carbocycles. The van der Waals surface area contributed by atoms with Gasteiger partial charge in [0.25, 0.3) is 0 Å². The molecule has 0 radical (unpaired) electrons. The zero-order valence-corrected chi connectivity index (χ0v) is 16.9. The molecule has 1 aliphatic rings. The maximum absolute atomic E-state index is 7.40. The van der Waals surface area contributed by atoms with Gasteiger partial charge in [0.2, 0.25) is 0 Å². The molecule has 1 aliphatic heterocycles. The van der Waals surface area contributed by atoms with Gasteiger partial charge in [0.1, 0.15) is 5.84 Å². The van der Waals surface area contributed by atoms with Gasteiger partial charge in [-0.15, -0.1) is 0 Å². The smallest absolute Gasteiger partial charge is 0.156 e. The molecule has 156 valence electrons. The molecule has 0 bridgehead atoms. The number of anilines is 1. The van der Waals surface area contributed by atoms with Crippen LogP contribution < -0.4 is 22.5 Å². The number of H-pyrrole nitrogens is 1. The van der Waals surface area contributed by atoms with Crippen molar-refractivity contribution < 1.29 is 0 Å². The van der Waals surface area contributed by atoms with Gasteiger partial charge in [0, 0.05) is 59.3 Å². The highest BCUT2D eigenvalue weighted by Crippen LogP contribution is 2.22. The molecule has 0 saturated carbocycles. The first kappa shape index (κ1) is 20.0. The van der Waals surface area contributed by atoms with E-state index in [1.54, 1.807) is 0 Å². The highest BCUT2D eigenvalue weighted by Gasteiger charge is 2.13. The van der Waals surface area contributed by atoms with Crippen LogP contribution in [-0.4, -0.2) is 29.4 Å². The van der Waals surface area contributed by atoms with Gasteiger partial charge in [0.05, 0.1) is 11.4 Å². The molecule has 31 heavy (non-hydrogen) atoms. The number of aromatic amines is 1. The molecule has 1 aromatic heterocycles. The monoisotopic (exact) mass is 412 g/mol. The van der Waals surface area contributed by atoms with Crippen LogP contribution >= 0.6 is 0 Å². The predicted molar refractivity (Wildman–Crippen MR) is 129 cm³/mol. The van der Waals surface area contributed by atoms with Gasteiger partial charge in [-0.2, -0.15) is 0 Å². The molecule has 8 nitrogen and oxygen atoms in total. The third-order valence-electron chi connectivity index (χ3n) is 5.06. The molecule has 3 aromatic rings. The average Bonchev–Trinajstić information content (AvgIpc) is 3.24. The molecule has 2 aromatic carbocycles. The number of amidine groups is 2. The molecule has 0 saturated heterocycles. The van der Waals surface area contributed by atoms with Crippen molar-refractivity contribution >= 4 is 45.7 Å². The highest BCUT2D eigenvalue weighted by molar-refractivity contribution is 6.12. The van der Waals surface area contributed by atoms with Gasteiger partial charge >= 0.3 is 0 Å². The van der Waals surface area contributed by atoms with Crippen molar-refractivity contribution in [1.29, 1.82) is 5.41 Å². The Balaban J connectivity index is 1.55. The highest BCUT2D eigenvalue weighted by atomic mass is 15.1. The van der Waals surface area contributed by atoms with Gasteiger partial charge in [-0.3, -0.25) is 4.99 Å². The van der Waals surface area contributed by atoms with E-state index in [0.717, 1.165) is 45.7 Å². The summed E-state index contributed by atoms with van der Waals surface area (Å²) in [5.74, 6) is 1.53. The molecule has 4 rings (SSSR count). The third kappa shape index (κ3) is 4.18. The summed E-state index contributed by atoms with van der Waals surface area (Å²) < 4.78 is 0. The second-order valence-electron chi connectivity index (χ2n) is 7.09. The van der Waals surface area contributed by atoms with Crippen LogP contribution in [0, 0.1) is 5.41 Å². The lowest BCUT2D eigenvalue weighted by Crippen LogP contribution is -2.20. The fraction of sp³-hybridized carbons (Fsp3) is 0.0870. The van der Waals surface area contributed by atoms with E-state index >= 15 is 0 Å². The van der Waals surface area contributed by atoms with Gasteiger partial charge in [-0.25, -0.2) is 4.99 Å². The molecule has 2 heterocycles. The Morgan fingerprint density at radius 1 is 1.06 bits per heavy atom. The van der Waals surface area contributed by atoms with E-state index in [2.05, 4.69) is 15.3 Å². The number of hydrogen-bond acceptors (Lipinski definition) is 7. The first-order valence-corrected chi connectivity index (χ1v) is 9.84. The molecule has 0 unspecified atom stereocenters. The Bertz CT molecular complexity index is 1240. The minimum Gasteiger partial charge on any atom is -0.404 e. The molecule has 0 amide bonds. The van der Waals surface area contributed by atoms with Crippen LogP contribution in [0.1, 0.15) is 23.2 Å². The molecule has 9 N–H and O–H groups in total. The Kier molecular flexibility index (Phi) is 5.53. The van der Waals surface area contributed by atoms with E-state index in [1.807, 2.05) is 48.5 Å². The second kappa shape index (κ2) is 8.58. The largest absolute Gasteiger partial charge is 0.404 e.